The highest BCUT2D eigenvalue weighted by Gasteiger charge is 2.22. The van der Waals surface area contributed by atoms with Crippen LogP contribution < -0.4 is 5.32 Å². The summed E-state index contributed by atoms with van der Waals surface area (Å²) in [6.45, 7) is 2.46. The van der Waals surface area contributed by atoms with Crippen molar-refractivity contribution in [2.24, 2.45) is 5.92 Å². The van der Waals surface area contributed by atoms with Crippen LogP contribution in [0.3, 0.4) is 0 Å². The zero-order valence-corrected chi connectivity index (χ0v) is 6.13. The minimum absolute atomic E-state index is 0.0668. The summed E-state index contributed by atoms with van der Waals surface area (Å²) in [5.41, 5.74) is 0. The van der Waals surface area contributed by atoms with Crippen LogP contribution >= 0.6 is 0 Å². The van der Waals surface area contributed by atoms with Crippen LogP contribution in [0, 0.1) is 5.92 Å². The lowest BCUT2D eigenvalue weighted by atomic mass is 9.93. The summed E-state index contributed by atoms with van der Waals surface area (Å²) in [5.74, 6) is 0.242. The maximum absolute atomic E-state index is 10.8. The molecule has 0 bridgehead atoms. The van der Waals surface area contributed by atoms with Gasteiger partial charge >= 0.3 is 0 Å². The molecule has 1 heterocycles. The Morgan fingerprint density at radius 1 is 1.80 bits per heavy atom. The van der Waals surface area contributed by atoms with Gasteiger partial charge in [0.05, 0.1) is 6.10 Å². The molecule has 3 nitrogen and oxygen atoms in total. The third kappa shape index (κ3) is 1.70. The van der Waals surface area contributed by atoms with E-state index in [-0.39, 0.29) is 17.9 Å². The molecular formula is C7H13NO2. The predicted octanol–water partition coefficient (Wildman–Crippen LogP) is -0.107. The molecule has 1 saturated heterocycles. The highest BCUT2D eigenvalue weighted by atomic mass is 16.3. The number of nitrogens with one attached hydrogen (secondary N) is 1. The molecule has 1 aliphatic heterocycles. The third-order valence-corrected chi connectivity index (χ3v) is 1.97. The fourth-order valence-corrected chi connectivity index (χ4v) is 1.22. The van der Waals surface area contributed by atoms with Gasteiger partial charge in [-0.05, 0) is 19.3 Å². The summed E-state index contributed by atoms with van der Waals surface area (Å²) in [6, 6.07) is 0. The van der Waals surface area contributed by atoms with Gasteiger partial charge in [0.25, 0.3) is 0 Å². The van der Waals surface area contributed by atoms with Crippen LogP contribution in [0.5, 0.6) is 0 Å². The van der Waals surface area contributed by atoms with Gasteiger partial charge in [0.2, 0.25) is 5.91 Å². The van der Waals surface area contributed by atoms with Crippen molar-refractivity contribution < 1.29 is 9.90 Å². The smallest absolute Gasteiger partial charge is 0.220 e. The molecular weight excluding hydrogens is 130 g/mol. The molecule has 1 amide bonds. The van der Waals surface area contributed by atoms with Gasteiger partial charge < -0.3 is 10.4 Å². The van der Waals surface area contributed by atoms with Gasteiger partial charge in [0.15, 0.2) is 0 Å². The SMILES string of the molecule is C[C@H](O)[C@H]1CCNC(=O)C1. The van der Waals surface area contributed by atoms with Gasteiger partial charge in [-0.3, -0.25) is 4.79 Å². The topological polar surface area (TPSA) is 49.3 Å². The van der Waals surface area contributed by atoms with Gasteiger partial charge in [-0.15, -0.1) is 0 Å². The average molecular weight is 143 g/mol. The van der Waals surface area contributed by atoms with E-state index in [2.05, 4.69) is 5.32 Å². The van der Waals surface area contributed by atoms with Crippen LogP contribution in [0.1, 0.15) is 19.8 Å². The summed E-state index contributed by atoms with van der Waals surface area (Å²) >= 11 is 0. The minimum Gasteiger partial charge on any atom is -0.393 e. The lowest BCUT2D eigenvalue weighted by molar-refractivity contribution is -0.124. The maximum Gasteiger partial charge on any atom is 0.220 e. The molecule has 0 aliphatic carbocycles. The lowest BCUT2D eigenvalue weighted by Gasteiger charge is -2.23. The Labute approximate surface area is 60.4 Å². The molecule has 0 aromatic heterocycles. The van der Waals surface area contributed by atoms with E-state index < -0.39 is 0 Å². The van der Waals surface area contributed by atoms with Crippen LogP contribution in [0.4, 0.5) is 0 Å². The molecule has 1 fully saturated rings. The summed E-state index contributed by atoms with van der Waals surface area (Å²) < 4.78 is 0. The summed E-state index contributed by atoms with van der Waals surface area (Å²) in [4.78, 5) is 10.8. The maximum atomic E-state index is 10.8. The highest BCUT2D eigenvalue weighted by molar-refractivity contribution is 5.76. The highest BCUT2D eigenvalue weighted by Crippen LogP contribution is 2.15. The Morgan fingerprint density at radius 3 is 2.90 bits per heavy atom. The van der Waals surface area contributed by atoms with Gasteiger partial charge in [-0.2, -0.15) is 0 Å². The second-order valence-corrected chi connectivity index (χ2v) is 2.84. The van der Waals surface area contributed by atoms with E-state index in [1.807, 2.05) is 0 Å². The van der Waals surface area contributed by atoms with Crippen molar-refractivity contribution in [1.82, 2.24) is 5.32 Å². The van der Waals surface area contributed by atoms with E-state index in [0.29, 0.717) is 13.0 Å². The molecule has 0 aromatic rings. The largest absolute Gasteiger partial charge is 0.393 e. The monoisotopic (exact) mass is 143 g/mol. The van der Waals surface area contributed by atoms with E-state index in [1.165, 1.54) is 0 Å². The number of aliphatic hydroxyl groups excluding tert-OH is 1. The van der Waals surface area contributed by atoms with E-state index >= 15 is 0 Å². The summed E-state index contributed by atoms with van der Waals surface area (Å²) in [7, 11) is 0. The Kier molecular flexibility index (Phi) is 2.27. The Hall–Kier alpha value is -0.570. The number of hydrogen-bond acceptors (Lipinski definition) is 2. The molecule has 1 rings (SSSR count). The quantitative estimate of drug-likeness (QED) is 0.538. The molecule has 1 aliphatic rings. The standard InChI is InChI=1S/C7H13NO2/c1-5(9)6-2-3-8-7(10)4-6/h5-6,9H,2-4H2,1H3,(H,8,10)/t5-,6-/m0/s1. The normalized spacial score (nSPS) is 29.4. The first-order chi connectivity index (χ1) is 4.70. The number of rotatable bonds is 1. The number of carbonyl (C=O) groups is 1. The fraction of sp³-hybridized carbons (Fsp3) is 0.857. The third-order valence-electron chi connectivity index (χ3n) is 1.97. The molecule has 2 atom stereocenters. The number of piperidine rings is 1. The Balaban J connectivity index is 2.39. The van der Waals surface area contributed by atoms with Gasteiger partial charge in [-0.1, -0.05) is 0 Å². The molecule has 0 aromatic carbocycles. The van der Waals surface area contributed by atoms with E-state index in [9.17, 15) is 4.79 Å². The summed E-state index contributed by atoms with van der Waals surface area (Å²) in [6.07, 6.45) is 1.05. The van der Waals surface area contributed by atoms with Crippen LogP contribution in [0.15, 0.2) is 0 Å². The van der Waals surface area contributed by atoms with Gasteiger partial charge in [0, 0.05) is 13.0 Å². The second-order valence-electron chi connectivity index (χ2n) is 2.84. The predicted molar refractivity (Wildman–Crippen MR) is 37.4 cm³/mol. The number of amides is 1. The first-order valence-corrected chi connectivity index (χ1v) is 3.65. The minimum atomic E-state index is -0.342. The Morgan fingerprint density at radius 2 is 2.50 bits per heavy atom. The fourth-order valence-electron chi connectivity index (χ4n) is 1.22. The molecule has 10 heavy (non-hydrogen) atoms. The first kappa shape index (κ1) is 7.54. The zero-order chi connectivity index (χ0) is 7.56. The molecule has 58 valence electrons. The molecule has 3 heteroatoms. The van der Waals surface area contributed by atoms with Crippen LogP contribution in [0.2, 0.25) is 0 Å². The molecule has 0 unspecified atom stereocenters. The van der Waals surface area contributed by atoms with Crippen LogP contribution in [0.25, 0.3) is 0 Å². The van der Waals surface area contributed by atoms with Crippen molar-refractivity contribution in [2.45, 2.75) is 25.9 Å². The molecule has 0 spiro atoms. The van der Waals surface area contributed by atoms with Gasteiger partial charge in [0.1, 0.15) is 0 Å². The number of hydrogen-bond donors (Lipinski definition) is 2. The zero-order valence-electron chi connectivity index (χ0n) is 6.13. The number of carbonyl (C=O) groups excluding carboxylic acids is 1. The Bertz CT molecular complexity index is 134. The second kappa shape index (κ2) is 3.01. The first-order valence-electron chi connectivity index (χ1n) is 3.65. The number of aliphatic hydroxyl groups is 1. The lowest BCUT2D eigenvalue weighted by Crippen LogP contribution is -2.37. The van der Waals surface area contributed by atoms with Crippen molar-refractivity contribution in [3.8, 4) is 0 Å². The average Bonchev–Trinajstić information content (AvgIpc) is 1.88. The van der Waals surface area contributed by atoms with E-state index in [0.717, 1.165) is 6.42 Å². The van der Waals surface area contributed by atoms with Crippen molar-refractivity contribution in [1.29, 1.82) is 0 Å². The van der Waals surface area contributed by atoms with Crippen molar-refractivity contribution in [3.05, 3.63) is 0 Å². The van der Waals surface area contributed by atoms with Crippen LogP contribution in [-0.4, -0.2) is 23.7 Å². The molecule has 0 radical (unpaired) electrons. The molecule has 0 saturated carbocycles. The van der Waals surface area contributed by atoms with Crippen molar-refractivity contribution in [2.75, 3.05) is 6.54 Å². The van der Waals surface area contributed by atoms with E-state index in [1.54, 1.807) is 6.92 Å². The van der Waals surface area contributed by atoms with E-state index in [4.69, 9.17) is 5.11 Å². The summed E-state index contributed by atoms with van der Waals surface area (Å²) in [5, 5.41) is 11.8. The van der Waals surface area contributed by atoms with Crippen molar-refractivity contribution in [3.63, 3.8) is 0 Å². The van der Waals surface area contributed by atoms with Crippen molar-refractivity contribution >= 4 is 5.91 Å². The molecule has 2 N–H and O–H groups in total. The van der Waals surface area contributed by atoms with Gasteiger partial charge in [-0.25, -0.2) is 0 Å². The van der Waals surface area contributed by atoms with Crippen LogP contribution in [-0.2, 0) is 4.79 Å².